The molecule has 4 rings (SSSR count). The van der Waals surface area contributed by atoms with Gasteiger partial charge in [-0.05, 0) is 44.2 Å². The Morgan fingerprint density at radius 3 is 2.42 bits per heavy atom. The number of aromatic nitrogens is 1. The van der Waals surface area contributed by atoms with Crippen LogP contribution in [0.1, 0.15) is 61.5 Å². The third-order valence-corrected chi connectivity index (χ3v) is 8.84. The van der Waals surface area contributed by atoms with Crippen LogP contribution in [0.2, 0.25) is 0 Å². The predicted molar refractivity (Wildman–Crippen MR) is 117 cm³/mol. The van der Waals surface area contributed by atoms with Crippen molar-refractivity contribution < 1.29 is 22.7 Å². The number of sulfone groups is 1. The average molecular weight is 452 g/mol. The smallest absolute Gasteiger partial charge is 0.354 e. The van der Waals surface area contributed by atoms with Crippen molar-refractivity contribution in [3.05, 3.63) is 24.0 Å². The molecule has 172 valence electrons. The van der Waals surface area contributed by atoms with E-state index in [1.807, 2.05) is 21.7 Å². The van der Waals surface area contributed by atoms with Crippen molar-refractivity contribution in [2.45, 2.75) is 63.1 Å². The molecule has 31 heavy (non-hydrogen) atoms. The minimum atomic E-state index is -3.03. The summed E-state index contributed by atoms with van der Waals surface area (Å²) >= 11 is 0. The zero-order valence-electron chi connectivity index (χ0n) is 18.2. The Morgan fingerprint density at radius 1 is 1.10 bits per heavy atom. The zero-order chi connectivity index (χ0) is 22.0. The van der Waals surface area contributed by atoms with Gasteiger partial charge in [0.25, 0.3) is 0 Å². The summed E-state index contributed by atoms with van der Waals surface area (Å²) in [5, 5.41) is 0. The van der Waals surface area contributed by atoms with Crippen molar-refractivity contribution >= 4 is 21.7 Å². The first-order chi connectivity index (χ1) is 14.9. The molecule has 3 fully saturated rings. The number of methoxy groups -OCH3 is 1. The van der Waals surface area contributed by atoms with Crippen LogP contribution in [0.5, 0.6) is 0 Å². The summed E-state index contributed by atoms with van der Waals surface area (Å²) in [7, 11) is -1.64. The van der Waals surface area contributed by atoms with E-state index < -0.39 is 9.84 Å². The molecule has 0 bridgehead atoms. The number of piperidine rings is 1. The van der Waals surface area contributed by atoms with Gasteiger partial charge >= 0.3 is 5.97 Å². The number of nitrogens with zero attached hydrogens (tertiary/aromatic N) is 3. The van der Waals surface area contributed by atoms with Crippen LogP contribution in [0.15, 0.2) is 18.3 Å². The van der Waals surface area contributed by atoms with Gasteiger partial charge in [-0.3, -0.25) is 9.69 Å². The van der Waals surface area contributed by atoms with Crippen molar-refractivity contribution in [1.82, 2.24) is 14.4 Å². The van der Waals surface area contributed by atoms with Crippen molar-refractivity contribution in [3.63, 3.8) is 0 Å². The molecular weight excluding hydrogens is 418 g/mol. The van der Waals surface area contributed by atoms with E-state index in [1.165, 1.54) is 7.11 Å². The molecule has 8 nitrogen and oxygen atoms in total. The van der Waals surface area contributed by atoms with E-state index in [0.29, 0.717) is 18.7 Å². The second-order valence-electron chi connectivity index (χ2n) is 9.10. The second kappa shape index (κ2) is 9.32. The van der Waals surface area contributed by atoms with E-state index in [2.05, 4.69) is 4.90 Å². The van der Waals surface area contributed by atoms with Crippen molar-refractivity contribution in [3.8, 4) is 0 Å². The number of hydrogen-bond acceptors (Lipinski definition) is 6. The number of carbonyl (C=O) groups is 2. The third-order valence-electron chi connectivity index (χ3n) is 7.09. The Balaban J connectivity index is 1.37. The van der Waals surface area contributed by atoms with Gasteiger partial charge in [0.15, 0.2) is 9.84 Å². The highest BCUT2D eigenvalue weighted by molar-refractivity contribution is 7.91. The summed E-state index contributed by atoms with van der Waals surface area (Å²) in [6.45, 7) is 1.89. The van der Waals surface area contributed by atoms with Crippen molar-refractivity contribution in [1.29, 1.82) is 0 Å². The lowest BCUT2D eigenvalue weighted by atomic mass is 10.0. The predicted octanol–water partition coefficient (Wildman–Crippen LogP) is 1.87. The Hall–Kier alpha value is -1.87. The number of likely N-dealkylation sites (tertiary alicyclic amines) is 1. The summed E-state index contributed by atoms with van der Waals surface area (Å²) in [5.41, 5.74) is 0.562. The maximum atomic E-state index is 13.3. The molecule has 1 amide bonds. The standard InChI is InChI=1S/C22H33N3O5S/c1-30-22(27)20-7-4-11-24(20)17-8-12-23(13-9-17)15-21(26)25(18-5-2-3-6-18)19-10-14-31(28,29)16-19/h4,7,11,17-19H,2-3,5-6,8-10,12-16H2,1H3. The number of ether oxygens (including phenoxy) is 1. The maximum absolute atomic E-state index is 13.3. The molecule has 0 aromatic carbocycles. The fourth-order valence-electron chi connectivity index (χ4n) is 5.50. The third kappa shape index (κ3) is 4.98. The largest absolute Gasteiger partial charge is 0.464 e. The highest BCUT2D eigenvalue weighted by atomic mass is 32.2. The van der Waals surface area contributed by atoms with Gasteiger partial charge in [-0.15, -0.1) is 0 Å². The van der Waals surface area contributed by atoms with E-state index in [-0.39, 0.29) is 41.5 Å². The molecule has 1 unspecified atom stereocenters. The number of carbonyl (C=O) groups excluding carboxylic acids is 2. The Bertz CT molecular complexity index is 898. The molecule has 1 aromatic heterocycles. The molecule has 0 N–H and O–H groups in total. The monoisotopic (exact) mass is 451 g/mol. The molecule has 3 heterocycles. The van der Waals surface area contributed by atoms with Crippen LogP contribution in [-0.4, -0.2) is 85.0 Å². The summed E-state index contributed by atoms with van der Waals surface area (Å²) in [6, 6.07) is 3.86. The number of rotatable bonds is 6. The maximum Gasteiger partial charge on any atom is 0.354 e. The van der Waals surface area contributed by atoms with Gasteiger partial charge in [-0.2, -0.15) is 0 Å². The zero-order valence-corrected chi connectivity index (χ0v) is 19.1. The topological polar surface area (TPSA) is 88.9 Å². The van der Waals surface area contributed by atoms with Crippen LogP contribution in [0.25, 0.3) is 0 Å². The van der Waals surface area contributed by atoms with E-state index in [1.54, 1.807) is 6.07 Å². The van der Waals surface area contributed by atoms with E-state index in [0.717, 1.165) is 51.6 Å². The summed E-state index contributed by atoms with van der Waals surface area (Å²) < 4.78 is 30.9. The first kappa shape index (κ1) is 22.3. The van der Waals surface area contributed by atoms with Gasteiger partial charge in [0.2, 0.25) is 5.91 Å². The lowest BCUT2D eigenvalue weighted by molar-refractivity contribution is -0.137. The second-order valence-corrected chi connectivity index (χ2v) is 11.3. The quantitative estimate of drug-likeness (QED) is 0.614. The van der Waals surface area contributed by atoms with Gasteiger partial charge in [0, 0.05) is 37.4 Å². The molecular formula is C22H33N3O5S. The average Bonchev–Trinajstić information content (AvgIpc) is 3.50. The first-order valence-electron chi connectivity index (χ1n) is 11.4. The Labute approximate surface area is 184 Å². The number of amides is 1. The minimum absolute atomic E-state index is 0.0728. The minimum Gasteiger partial charge on any atom is -0.464 e. The highest BCUT2D eigenvalue weighted by Crippen LogP contribution is 2.30. The number of hydrogen-bond donors (Lipinski definition) is 0. The number of esters is 1. The van der Waals surface area contributed by atoms with Gasteiger partial charge in [-0.1, -0.05) is 12.8 Å². The molecule has 1 saturated carbocycles. The fraction of sp³-hybridized carbons (Fsp3) is 0.727. The SMILES string of the molecule is COC(=O)c1cccn1C1CCN(CC(=O)N(C2CCCC2)C2CCS(=O)(=O)C2)CC1. The van der Waals surface area contributed by atoms with Crippen LogP contribution >= 0.6 is 0 Å². The van der Waals surface area contributed by atoms with E-state index >= 15 is 0 Å². The van der Waals surface area contributed by atoms with Crippen LogP contribution in [-0.2, 0) is 19.4 Å². The Morgan fingerprint density at radius 2 is 1.81 bits per heavy atom. The van der Waals surface area contributed by atoms with E-state index in [9.17, 15) is 18.0 Å². The van der Waals surface area contributed by atoms with Crippen LogP contribution < -0.4 is 0 Å². The molecule has 1 aromatic rings. The molecule has 1 aliphatic carbocycles. The molecule has 2 aliphatic heterocycles. The summed E-state index contributed by atoms with van der Waals surface area (Å²) in [4.78, 5) is 29.4. The van der Waals surface area contributed by atoms with Gasteiger partial charge in [0.1, 0.15) is 5.69 Å². The Kier molecular flexibility index (Phi) is 6.71. The van der Waals surface area contributed by atoms with Gasteiger partial charge in [0.05, 0.1) is 25.2 Å². The van der Waals surface area contributed by atoms with E-state index in [4.69, 9.17) is 4.74 Å². The molecule has 0 spiro atoms. The lowest BCUT2D eigenvalue weighted by Gasteiger charge is -2.38. The first-order valence-corrected chi connectivity index (χ1v) is 13.2. The van der Waals surface area contributed by atoms with Gasteiger partial charge in [-0.25, -0.2) is 13.2 Å². The molecule has 9 heteroatoms. The summed E-state index contributed by atoms with van der Waals surface area (Å²) in [6.07, 6.45) is 8.37. The van der Waals surface area contributed by atoms with Crippen molar-refractivity contribution in [2.24, 2.45) is 0 Å². The molecule has 2 saturated heterocycles. The van der Waals surface area contributed by atoms with Crippen LogP contribution in [0, 0.1) is 0 Å². The lowest BCUT2D eigenvalue weighted by Crippen LogP contribution is -2.51. The fourth-order valence-corrected chi connectivity index (χ4v) is 7.21. The van der Waals surface area contributed by atoms with Crippen molar-refractivity contribution in [2.75, 3.05) is 38.2 Å². The molecule has 1 atom stereocenters. The molecule has 3 aliphatic rings. The van der Waals surface area contributed by atoms with Crippen LogP contribution in [0.4, 0.5) is 0 Å². The summed E-state index contributed by atoms with van der Waals surface area (Å²) in [5.74, 6) is 0.0465. The molecule has 0 radical (unpaired) electrons. The normalized spacial score (nSPS) is 25.0. The highest BCUT2D eigenvalue weighted by Gasteiger charge is 2.39. The van der Waals surface area contributed by atoms with Gasteiger partial charge < -0.3 is 14.2 Å². The van der Waals surface area contributed by atoms with Crippen LogP contribution in [0.3, 0.4) is 0 Å².